The van der Waals surface area contributed by atoms with Crippen molar-refractivity contribution in [2.45, 2.75) is 37.6 Å². The maximum atomic E-state index is 12.0. The number of hydrogen-bond donors (Lipinski definition) is 2. The van der Waals surface area contributed by atoms with E-state index in [1.165, 1.54) is 0 Å². The molecule has 0 spiro atoms. The highest BCUT2D eigenvalue weighted by Crippen LogP contribution is 2.31. The molecule has 23 heavy (non-hydrogen) atoms. The Labute approximate surface area is 139 Å². The summed E-state index contributed by atoms with van der Waals surface area (Å²) in [6.07, 6.45) is 0.437. The third kappa shape index (κ3) is 5.28. The summed E-state index contributed by atoms with van der Waals surface area (Å²) in [5.74, 6) is -0.327. The number of thioether (sulfide) groups is 1. The van der Waals surface area contributed by atoms with Crippen LogP contribution in [0.4, 0.5) is 5.69 Å². The molecule has 1 aromatic rings. The Morgan fingerprint density at radius 2 is 2.09 bits per heavy atom. The molecule has 0 radical (unpaired) electrons. The largest absolute Gasteiger partial charge is 0.452 e. The average Bonchev–Trinajstić information content (AvgIpc) is 2.62. The quantitative estimate of drug-likeness (QED) is 0.827. The molecule has 2 amide bonds. The van der Waals surface area contributed by atoms with Crippen molar-refractivity contribution in [1.82, 2.24) is 5.32 Å². The van der Waals surface area contributed by atoms with Crippen molar-refractivity contribution in [3.63, 3.8) is 0 Å². The third-order valence-corrected chi connectivity index (χ3v) is 4.00. The number of carbonyl (C=O) groups excluding carboxylic acids is 3. The highest BCUT2D eigenvalue weighted by Gasteiger charge is 2.18. The van der Waals surface area contributed by atoms with E-state index in [1.54, 1.807) is 30.0 Å². The van der Waals surface area contributed by atoms with Gasteiger partial charge < -0.3 is 15.4 Å². The van der Waals surface area contributed by atoms with E-state index in [2.05, 4.69) is 10.6 Å². The van der Waals surface area contributed by atoms with Gasteiger partial charge in [-0.15, -0.1) is 11.8 Å². The maximum Gasteiger partial charge on any atom is 0.338 e. The Bertz CT molecular complexity index is 637. The highest BCUT2D eigenvalue weighted by molar-refractivity contribution is 7.99. The number of anilines is 1. The molecule has 0 aliphatic carbocycles. The van der Waals surface area contributed by atoms with Crippen molar-refractivity contribution in [2.24, 2.45) is 0 Å². The van der Waals surface area contributed by atoms with Gasteiger partial charge in [-0.25, -0.2) is 4.79 Å². The number of amides is 2. The van der Waals surface area contributed by atoms with Gasteiger partial charge in [-0.2, -0.15) is 0 Å². The minimum absolute atomic E-state index is 0.0775. The Hall–Kier alpha value is -2.02. The molecule has 0 aromatic heterocycles. The van der Waals surface area contributed by atoms with E-state index in [-0.39, 0.29) is 24.0 Å². The van der Waals surface area contributed by atoms with Crippen molar-refractivity contribution >= 4 is 35.2 Å². The maximum absolute atomic E-state index is 12.0. The fourth-order valence-electron chi connectivity index (χ4n) is 2.02. The first kappa shape index (κ1) is 17.3. The van der Waals surface area contributed by atoms with Crippen LogP contribution in [0.25, 0.3) is 0 Å². The van der Waals surface area contributed by atoms with Crippen molar-refractivity contribution < 1.29 is 19.1 Å². The smallest absolute Gasteiger partial charge is 0.338 e. The number of rotatable bonds is 3. The van der Waals surface area contributed by atoms with Gasteiger partial charge in [0.25, 0.3) is 5.91 Å². The summed E-state index contributed by atoms with van der Waals surface area (Å²) in [5, 5.41) is 5.48. The SMILES string of the molecule is CC(C)(C)NC(=O)COC(=O)c1ccc2c(c1)NC(=O)CCS2. The second kappa shape index (κ2) is 7.04. The van der Waals surface area contributed by atoms with Crippen molar-refractivity contribution in [3.8, 4) is 0 Å². The molecule has 7 heteroatoms. The number of ether oxygens (including phenoxy) is 1. The first-order chi connectivity index (χ1) is 10.7. The standard InChI is InChI=1S/C16H20N2O4S/c1-16(2,3)18-14(20)9-22-15(21)10-4-5-12-11(8-10)17-13(19)6-7-23-12/h4-5,8H,6-7,9H2,1-3H3,(H,17,19)(H,18,20). The van der Waals surface area contributed by atoms with E-state index in [0.29, 0.717) is 23.4 Å². The van der Waals surface area contributed by atoms with Gasteiger partial charge in [-0.3, -0.25) is 9.59 Å². The van der Waals surface area contributed by atoms with Gasteiger partial charge in [0.05, 0.1) is 11.3 Å². The van der Waals surface area contributed by atoms with E-state index in [9.17, 15) is 14.4 Å². The van der Waals surface area contributed by atoms with Crippen molar-refractivity contribution in [1.29, 1.82) is 0 Å². The summed E-state index contributed by atoms with van der Waals surface area (Å²) in [5.41, 5.74) is 0.524. The Morgan fingerprint density at radius 3 is 2.78 bits per heavy atom. The Balaban J connectivity index is 2.00. The third-order valence-electron chi connectivity index (χ3n) is 2.92. The van der Waals surface area contributed by atoms with Crippen LogP contribution in [0.15, 0.2) is 23.1 Å². The van der Waals surface area contributed by atoms with Gasteiger partial charge in [0, 0.05) is 22.6 Å². The fraction of sp³-hybridized carbons (Fsp3) is 0.438. The lowest BCUT2D eigenvalue weighted by atomic mass is 10.1. The number of carbonyl (C=O) groups is 3. The number of nitrogens with one attached hydrogen (secondary N) is 2. The van der Waals surface area contributed by atoms with E-state index >= 15 is 0 Å². The molecule has 0 saturated heterocycles. The van der Waals surface area contributed by atoms with Crippen LogP contribution in [0.2, 0.25) is 0 Å². The molecular formula is C16H20N2O4S. The lowest BCUT2D eigenvalue weighted by Crippen LogP contribution is -2.42. The molecule has 6 nitrogen and oxygen atoms in total. The first-order valence-corrected chi connectivity index (χ1v) is 8.28. The monoisotopic (exact) mass is 336 g/mol. The van der Waals surface area contributed by atoms with E-state index in [1.807, 2.05) is 20.8 Å². The summed E-state index contributed by atoms with van der Waals surface area (Å²) in [6, 6.07) is 4.99. The van der Waals surface area contributed by atoms with E-state index < -0.39 is 5.97 Å². The summed E-state index contributed by atoms with van der Waals surface area (Å²) in [4.78, 5) is 36.2. The zero-order valence-corrected chi connectivity index (χ0v) is 14.2. The summed E-state index contributed by atoms with van der Waals surface area (Å²) < 4.78 is 5.01. The summed E-state index contributed by atoms with van der Waals surface area (Å²) in [7, 11) is 0. The van der Waals surface area contributed by atoms with Gasteiger partial charge in [0.15, 0.2) is 6.61 Å². The predicted octanol–water partition coefficient (Wildman–Crippen LogP) is 2.19. The second-order valence-corrected chi connectivity index (χ2v) is 7.37. The molecule has 1 heterocycles. The number of fused-ring (bicyclic) bond motifs is 1. The second-order valence-electron chi connectivity index (χ2n) is 6.23. The lowest BCUT2D eigenvalue weighted by molar-refractivity contribution is -0.125. The average molecular weight is 336 g/mol. The molecule has 0 saturated carbocycles. The lowest BCUT2D eigenvalue weighted by Gasteiger charge is -2.20. The van der Waals surface area contributed by atoms with Gasteiger partial charge in [0.2, 0.25) is 5.91 Å². The van der Waals surface area contributed by atoms with Crippen LogP contribution >= 0.6 is 11.8 Å². The Morgan fingerprint density at radius 1 is 1.35 bits per heavy atom. The molecule has 0 bridgehead atoms. The number of hydrogen-bond acceptors (Lipinski definition) is 5. The van der Waals surface area contributed by atoms with Crippen LogP contribution in [-0.2, 0) is 14.3 Å². The number of esters is 1. The molecule has 1 aliphatic heterocycles. The van der Waals surface area contributed by atoms with Gasteiger partial charge in [0.1, 0.15) is 0 Å². The minimum atomic E-state index is -0.597. The van der Waals surface area contributed by atoms with Gasteiger partial charge in [-0.05, 0) is 39.0 Å². The Kier molecular flexibility index (Phi) is 5.30. The topological polar surface area (TPSA) is 84.5 Å². The minimum Gasteiger partial charge on any atom is -0.452 e. The number of benzene rings is 1. The molecule has 0 atom stereocenters. The van der Waals surface area contributed by atoms with Crippen molar-refractivity contribution in [3.05, 3.63) is 23.8 Å². The molecular weight excluding hydrogens is 316 g/mol. The predicted molar refractivity (Wildman–Crippen MR) is 88.6 cm³/mol. The van der Waals surface area contributed by atoms with E-state index in [0.717, 1.165) is 4.90 Å². The normalized spacial score (nSPS) is 14.3. The van der Waals surface area contributed by atoms with Crippen LogP contribution in [0, 0.1) is 0 Å². The van der Waals surface area contributed by atoms with Crippen LogP contribution in [0.3, 0.4) is 0 Å². The van der Waals surface area contributed by atoms with Crippen LogP contribution in [0.5, 0.6) is 0 Å². The first-order valence-electron chi connectivity index (χ1n) is 7.29. The summed E-state index contributed by atoms with van der Waals surface area (Å²) in [6.45, 7) is 5.20. The van der Waals surface area contributed by atoms with Gasteiger partial charge in [-0.1, -0.05) is 0 Å². The van der Waals surface area contributed by atoms with Crippen LogP contribution in [0.1, 0.15) is 37.6 Å². The zero-order chi connectivity index (χ0) is 17.0. The zero-order valence-electron chi connectivity index (χ0n) is 13.4. The summed E-state index contributed by atoms with van der Waals surface area (Å²) >= 11 is 1.56. The molecule has 124 valence electrons. The molecule has 0 unspecified atom stereocenters. The van der Waals surface area contributed by atoms with Crippen LogP contribution < -0.4 is 10.6 Å². The highest BCUT2D eigenvalue weighted by atomic mass is 32.2. The molecule has 1 aromatic carbocycles. The fourth-order valence-corrected chi connectivity index (χ4v) is 2.95. The molecule has 2 rings (SSSR count). The van der Waals surface area contributed by atoms with Crippen LogP contribution in [-0.4, -0.2) is 35.7 Å². The van der Waals surface area contributed by atoms with Crippen molar-refractivity contribution in [2.75, 3.05) is 17.7 Å². The molecule has 2 N–H and O–H groups in total. The molecule has 1 aliphatic rings. The van der Waals surface area contributed by atoms with Gasteiger partial charge >= 0.3 is 5.97 Å². The van der Waals surface area contributed by atoms with E-state index in [4.69, 9.17) is 4.74 Å². The molecule has 0 fully saturated rings.